The topological polar surface area (TPSA) is 80.4 Å². The number of aromatic nitrogens is 4. The van der Waals surface area contributed by atoms with Crippen LogP contribution >= 0.6 is 0 Å². The van der Waals surface area contributed by atoms with Gasteiger partial charge in [-0.1, -0.05) is 86.3 Å². The van der Waals surface area contributed by atoms with Crippen LogP contribution in [0.1, 0.15) is 59.1 Å². The molecule has 0 aliphatic heterocycles. The van der Waals surface area contributed by atoms with Crippen LogP contribution in [0, 0.1) is 24.8 Å². The number of hydrogen-bond acceptors (Lipinski definition) is 5. The van der Waals surface area contributed by atoms with Crippen molar-refractivity contribution in [1.82, 2.24) is 19.4 Å². The third-order valence-corrected chi connectivity index (χ3v) is 8.88. The van der Waals surface area contributed by atoms with E-state index in [9.17, 15) is 9.90 Å². The third-order valence-electron chi connectivity index (χ3n) is 8.88. The van der Waals surface area contributed by atoms with E-state index in [0.29, 0.717) is 0 Å². The Morgan fingerprint density at radius 2 is 1.50 bits per heavy atom. The fraction of sp³-hybridized carbons (Fsp3) is 0.297. The molecule has 4 aromatic heterocycles. The molecule has 1 radical (unpaired) electrons. The van der Waals surface area contributed by atoms with Gasteiger partial charge in [0.05, 0.1) is 22.5 Å². The van der Waals surface area contributed by atoms with Gasteiger partial charge in [-0.25, -0.2) is 9.97 Å². The Morgan fingerprint density at radius 3 is 2.20 bits per heavy atom. The van der Waals surface area contributed by atoms with Gasteiger partial charge in [0, 0.05) is 59.8 Å². The summed E-state index contributed by atoms with van der Waals surface area (Å²) in [7, 11) is 0. The maximum absolute atomic E-state index is 11.7. The van der Waals surface area contributed by atoms with Crippen LogP contribution in [0.2, 0.25) is 0 Å². The van der Waals surface area contributed by atoms with E-state index < -0.39 is 0 Å². The van der Waals surface area contributed by atoms with E-state index in [4.69, 9.17) is 9.97 Å². The van der Waals surface area contributed by atoms with Crippen molar-refractivity contribution < 1.29 is 30.0 Å². The molecule has 7 aromatic rings. The van der Waals surface area contributed by atoms with E-state index in [1.54, 1.807) is 6.33 Å². The number of ketones is 1. The molecule has 227 valence electrons. The summed E-state index contributed by atoms with van der Waals surface area (Å²) >= 11 is 0. The monoisotopic (exact) mass is 762 g/mol. The number of fused-ring (bicyclic) bond motifs is 7. The second-order valence-electron chi connectivity index (χ2n) is 11.3. The van der Waals surface area contributed by atoms with Crippen LogP contribution in [-0.4, -0.2) is 30.2 Å². The normalized spacial score (nSPS) is 12.2. The van der Waals surface area contributed by atoms with Crippen molar-refractivity contribution in [3.05, 3.63) is 84.5 Å². The Hall–Kier alpha value is -3.93. The Kier molecular flexibility index (Phi) is 9.28. The van der Waals surface area contributed by atoms with Crippen LogP contribution in [0.5, 0.6) is 0 Å². The van der Waals surface area contributed by atoms with Crippen molar-refractivity contribution in [2.75, 3.05) is 0 Å². The summed E-state index contributed by atoms with van der Waals surface area (Å²) in [4.78, 5) is 26.0. The first kappa shape index (κ1) is 31.5. The van der Waals surface area contributed by atoms with Gasteiger partial charge in [0.1, 0.15) is 12.0 Å². The Morgan fingerprint density at radius 1 is 0.864 bits per heavy atom. The van der Waals surface area contributed by atoms with Crippen LogP contribution in [0.3, 0.4) is 0 Å². The van der Waals surface area contributed by atoms with Crippen molar-refractivity contribution in [3.8, 4) is 0 Å². The molecular formula is C37H37IrN4O2-. The SMILES string of the molecule is CCC(CC)C(=O)/C=C(\O)C(CC)CC.Cc1nc2c3ccccc3c3ncnc4c5[c-]c6ccccc6cc5c1n2c43.[Ir]. The molecule has 0 spiro atoms. The minimum absolute atomic E-state index is 0. The van der Waals surface area contributed by atoms with Crippen molar-refractivity contribution in [1.29, 1.82) is 0 Å². The summed E-state index contributed by atoms with van der Waals surface area (Å²) in [5, 5.41) is 16.4. The van der Waals surface area contributed by atoms with Gasteiger partial charge in [0.25, 0.3) is 0 Å². The molecule has 7 rings (SSSR count). The average molecular weight is 762 g/mol. The maximum atomic E-state index is 11.7. The number of nitrogens with zero attached hydrogens (tertiary/aromatic N) is 4. The maximum Gasteiger partial charge on any atom is 0.162 e. The number of aliphatic hydroxyl groups excluding tert-OH is 1. The van der Waals surface area contributed by atoms with Gasteiger partial charge in [-0.3, -0.25) is 9.78 Å². The molecule has 0 unspecified atom stereocenters. The van der Waals surface area contributed by atoms with Gasteiger partial charge in [0.15, 0.2) is 5.78 Å². The molecule has 3 aromatic carbocycles. The zero-order chi connectivity index (χ0) is 30.2. The molecule has 0 aliphatic carbocycles. The van der Waals surface area contributed by atoms with Gasteiger partial charge in [-0.2, -0.15) is 0 Å². The zero-order valence-electron chi connectivity index (χ0n) is 25.8. The largest absolute Gasteiger partial charge is 0.512 e. The van der Waals surface area contributed by atoms with Crippen LogP contribution < -0.4 is 0 Å². The van der Waals surface area contributed by atoms with Gasteiger partial charge >= 0.3 is 0 Å². The number of allylic oxidation sites excluding steroid dienone is 2. The smallest absolute Gasteiger partial charge is 0.162 e. The summed E-state index contributed by atoms with van der Waals surface area (Å²) in [6, 6.07) is 22.6. The fourth-order valence-electron chi connectivity index (χ4n) is 6.42. The summed E-state index contributed by atoms with van der Waals surface area (Å²) in [6.45, 7) is 10.2. The third kappa shape index (κ3) is 5.22. The van der Waals surface area contributed by atoms with Crippen molar-refractivity contribution in [3.63, 3.8) is 0 Å². The average Bonchev–Trinajstić information content (AvgIpc) is 3.39. The molecule has 0 aliphatic rings. The van der Waals surface area contributed by atoms with Crippen LogP contribution in [-0.2, 0) is 24.9 Å². The summed E-state index contributed by atoms with van der Waals surface area (Å²) < 4.78 is 2.24. The molecule has 0 amide bonds. The van der Waals surface area contributed by atoms with Crippen LogP contribution in [0.25, 0.3) is 60.0 Å². The molecule has 0 saturated carbocycles. The molecule has 0 atom stereocenters. The van der Waals surface area contributed by atoms with Crippen LogP contribution in [0.4, 0.5) is 0 Å². The summed E-state index contributed by atoms with van der Waals surface area (Å²) in [5.41, 5.74) is 5.99. The second-order valence-corrected chi connectivity index (χ2v) is 11.3. The minimum Gasteiger partial charge on any atom is -0.512 e. The molecule has 4 heterocycles. The number of carbonyl (C=O) groups excluding carboxylic acids is 1. The van der Waals surface area contributed by atoms with Crippen LogP contribution in [0.15, 0.2) is 72.8 Å². The van der Waals surface area contributed by atoms with Gasteiger partial charge in [0.2, 0.25) is 0 Å². The number of pyridine rings is 2. The quantitative estimate of drug-likeness (QED) is 0.0576. The van der Waals surface area contributed by atoms with Crippen molar-refractivity contribution >= 4 is 65.8 Å². The first-order valence-corrected chi connectivity index (χ1v) is 15.4. The molecule has 0 bridgehead atoms. The number of carbonyl (C=O) groups is 1. The second kappa shape index (κ2) is 13.0. The van der Waals surface area contributed by atoms with E-state index in [1.165, 1.54) is 11.5 Å². The summed E-state index contributed by atoms with van der Waals surface area (Å²) in [5.74, 6) is 0.547. The molecular weight excluding hydrogens is 725 g/mol. The number of aliphatic hydroxyl groups is 1. The molecule has 6 nitrogen and oxygen atoms in total. The fourth-order valence-corrected chi connectivity index (χ4v) is 6.42. The molecule has 7 heteroatoms. The van der Waals surface area contributed by atoms with Gasteiger partial charge in [-0.05, 0) is 32.6 Å². The molecule has 0 fully saturated rings. The van der Waals surface area contributed by atoms with E-state index in [0.717, 1.165) is 86.0 Å². The number of hydrogen-bond donors (Lipinski definition) is 1. The number of aryl methyl sites for hydroxylation is 1. The molecule has 44 heavy (non-hydrogen) atoms. The first-order valence-electron chi connectivity index (χ1n) is 15.4. The minimum atomic E-state index is 0. The Labute approximate surface area is 270 Å². The van der Waals surface area contributed by atoms with Crippen molar-refractivity contribution in [2.24, 2.45) is 11.8 Å². The Bertz CT molecular complexity index is 2140. The molecule has 1 N–H and O–H groups in total. The predicted molar refractivity (Wildman–Crippen MR) is 177 cm³/mol. The molecule has 0 saturated heterocycles. The van der Waals surface area contributed by atoms with Crippen molar-refractivity contribution in [2.45, 2.75) is 60.3 Å². The van der Waals surface area contributed by atoms with Gasteiger partial charge in [-0.15, -0.1) is 23.6 Å². The predicted octanol–water partition coefficient (Wildman–Crippen LogP) is 9.30. The summed E-state index contributed by atoms with van der Waals surface area (Å²) in [6.07, 6.45) is 6.57. The van der Waals surface area contributed by atoms with E-state index in [-0.39, 0.29) is 43.5 Å². The van der Waals surface area contributed by atoms with Gasteiger partial charge < -0.3 is 9.51 Å². The van der Waals surface area contributed by atoms with E-state index in [2.05, 4.69) is 70.9 Å². The zero-order valence-corrected chi connectivity index (χ0v) is 28.2. The first-order chi connectivity index (χ1) is 20.9. The number of rotatable bonds is 7. The number of benzene rings is 3. The van der Waals surface area contributed by atoms with E-state index >= 15 is 0 Å². The number of imidazole rings is 1. The standard InChI is InChI=1S/C24H13N4.C13H24O2.Ir/c1-13-22-19-11-15-7-3-2-6-14(15)10-18(19)21-23-20(25-12-26-21)16-8-4-5-9-17(16)24(27-13)28(22)23;1-5-10(6-2)12(14)9-13(15)11(7-3)8-4;/h2-9,11-12H,1H3;9-11,14H,5-8H2,1-4H3;/q-1;;/b;12-9-;. The Balaban J connectivity index is 0.000000209. The van der Waals surface area contributed by atoms with E-state index in [1.807, 2.05) is 33.8 Å².